The van der Waals surface area contributed by atoms with E-state index in [9.17, 15) is 13.9 Å². The quantitative estimate of drug-likeness (QED) is 0.809. The minimum Gasteiger partial charge on any atom is -0.390 e. The zero-order valence-corrected chi connectivity index (χ0v) is 8.85. The molecule has 0 aliphatic carbocycles. The summed E-state index contributed by atoms with van der Waals surface area (Å²) < 4.78 is 26.2. The van der Waals surface area contributed by atoms with E-state index in [2.05, 4.69) is 5.32 Å². The van der Waals surface area contributed by atoms with Gasteiger partial charge in [0, 0.05) is 6.54 Å². The van der Waals surface area contributed by atoms with Crippen molar-refractivity contribution in [3.05, 3.63) is 29.8 Å². The van der Waals surface area contributed by atoms with Gasteiger partial charge >= 0.3 is 0 Å². The molecule has 0 spiro atoms. The van der Waals surface area contributed by atoms with Gasteiger partial charge < -0.3 is 10.4 Å². The minimum absolute atomic E-state index is 0.137. The van der Waals surface area contributed by atoms with Gasteiger partial charge in [-0.15, -0.1) is 0 Å². The van der Waals surface area contributed by atoms with Crippen molar-refractivity contribution in [2.45, 2.75) is 25.9 Å². The summed E-state index contributed by atoms with van der Waals surface area (Å²) in [6, 6.07) is 3.69. The van der Waals surface area contributed by atoms with Crippen molar-refractivity contribution >= 4 is 5.69 Å². The molecule has 0 saturated carbocycles. The molecule has 0 fully saturated rings. The Balaban J connectivity index is 2.58. The summed E-state index contributed by atoms with van der Waals surface area (Å²) in [6.45, 7) is 3.61. The van der Waals surface area contributed by atoms with Crippen LogP contribution >= 0.6 is 0 Å². The molecule has 0 aliphatic rings. The number of rotatable bonds is 4. The Morgan fingerprint density at radius 3 is 2.27 bits per heavy atom. The van der Waals surface area contributed by atoms with Crippen LogP contribution < -0.4 is 5.32 Å². The van der Waals surface area contributed by atoms with E-state index in [4.69, 9.17) is 0 Å². The van der Waals surface area contributed by atoms with Crippen molar-refractivity contribution in [3.8, 4) is 0 Å². The SMILES string of the molecule is CC(C)(O)CCNc1c(F)cccc1F. The summed E-state index contributed by atoms with van der Waals surface area (Å²) in [5.41, 5.74) is -0.976. The lowest BCUT2D eigenvalue weighted by Crippen LogP contribution is -2.23. The molecular weight excluding hydrogens is 200 g/mol. The Morgan fingerprint density at radius 1 is 1.27 bits per heavy atom. The fraction of sp³-hybridized carbons (Fsp3) is 0.455. The Kier molecular flexibility index (Phi) is 3.63. The number of hydrogen-bond acceptors (Lipinski definition) is 2. The lowest BCUT2D eigenvalue weighted by atomic mass is 10.1. The normalized spacial score (nSPS) is 11.5. The van der Waals surface area contributed by atoms with Gasteiger partial charge in [0.15, 0.2) is 0 Å². The number of para-hydroxylation sites is 1. The van der Waals surface area contributed by atoms with Gasteiger partial charge in [0.1, 0.15) is 17.3 Å². The van der Waals surface area contributed by atoms with E-state index in [-0.39, 0.29) is 5.69 Å². The summed E-state index contributed by atoms with van der Waals surface area (Å²) in [6.07, 6.45) is 0.417. The number of nitrogens with one attached hydrogen (secondary N) is 1. The van der Waals surface area contributed by atoms with Crippen LogP contribution in [0.2, 0.25) is 0 Å². The van der Waals surface area contributed by atoms with Crippen molar-refractivity contribution < 1.29 is 13.9 Å². The maximum absolute atomic E-state index is 13.1. The molecule has 0 heterocycles. The zero-order valence-electron chi connectivity index (χ0n) is 8.85. The van der Waals surface area contributed by atoms with E-state index in [0.717, 1.165) is 0 Å². The highest BCUT2D eigenvalue weighted by molar-refractivity contribution is 5.45. The topological polar surface area (TPSA) is 32.3 Å². The second kappa shape index (κ2) is 4.57. The molecule has 0 amide bonds. The molecule has 0 unspecified atom stereocenters. The van der Waals surface area contributed by atoms with Crippen LogP contribution in [0.4, 0.5) is 14.5 Å². The maximum atomic E-state index is 13.1. The van der Waals surface area contributed by atoms with E-state index in [1.165, 1.54) is 18.2 Å². The Hall–Kier alpha value is -1.16. The van der Waals surface area contributed by atoms with Crippen molar-refractivity contribution in [2.75, 3.05) is 11.9 Å². The molecule has 1 aromatic rings. The van der Waals surface area contributed by atoms with E-state index >= 15 is 0 Å². The molecule has 1 rings (SSSR count). The summed E-state index contributed by atoms with van der Waals surface area (Å²) >= 11 is 0. The van der Waals surface area contributed by atoms with Crippen molar-refractivity contribution in [2.24, 2.45) is 0 Å². The first-order valence-electron chi connectivity index (χ1n) is 4.80. The third-order valence-electron chi connectivity index (χ3n) is 2.00. The van der Waals surface area contributed by atoms with Gasteiger partial charge in [-0.05, 0) is 32.4 Å². The molecule has 0 aliphatic heterocycles. The van der Waals surface area contributed by atoms with Crippen LogP contribution in [0, 0.1) is 11.6 Å². The molecule has 1 aromatic carbocycles. The molecule has 4 heteroatoms. The second-order valence-corrected chi connectivity index (χ2v) is 4.09. The van der Waals surface area contributed by atoms with Gasteiger partial charge in [-0.2, -0.15) is 0 Å². The van der Waals surface area contributed by atoms with Crippen molar-refractivity contribution in [3.63, 3.8) is 0 Å². The first-order chi connectivity index (χ1) is 6.90. The van der Waals surface area contributed by atoms with E-state index < -0.39 is 17.2 Å². The highest BCUT2D eigenvalue weighted by Crippen LogP contribution is 2.18. The highest BCUT2D eigenvalue weighted by atomic mass is 19.1. The maximum Gasteiger partial charge on any atom is 0.149 e. The Labute approximate surface area is 87.9 Å². The molecule has 0 bridgehead atoms. The van der Waals surface area contributed by atoms with E-state index in [1.807, 2.05) is 0 Å². The summed E-state index contributed by atoms with van der Waals surface area (Å²) in [4.78, 5) is 0. The van der Waals surface area contributed by atoms with Gasteiger partial charge in [0.25, 0.3) is 0 Å². The van der Waals surface area contributed by atoms with E-state index in [0.29, 0.717) is 13.0 Å². The molecule has 0 aromatic heterocycles. The van der Waals surface area contributed by atoms with Crippen molar-refractivity contribution in [1.82, 2.24) is 0 Å². The Bertz CT molecular complexity index is 314. The average molecular weight is 215 g/mol. The number of benzene rings is 1. The number of halogens is 2. The summed E-state index contributed by atoms with van der Waals surface area (Å²) in [5.74, 6) is -1.24. The Morgan fingerprint density at radius 2 is 1.80 bits per heavy atom. The fourth-order valence-electron chi connectivity index (χ4n) is 1.16. The largest absolute Gasteiger partial charge is 0.390 e. The van der Waals surface area contributed by atoms with E-state index in [1.54, 1.807) is 13.8 Å². The van der Waals surface area contributed by atoms with Crippen LogP contribution in [0.3, 0.4) is 0 Å². The first kappa shape index (κ1) is 11.9. The third kappa shape index (κ3) is 3.83. The van der Waals surface area contributed by atoms with Gasteiger partial charge in [0.05, 0.1) is 5.60 Å². The van der Waals surface area contributed by atoms with Crippen LogP contribution in [-0.4, -0.2) is 17.3 Å². The predicted octanol–water partition coefficient (Wildman–Crippen LogP) is 2.54. The van der Waals surface area contributed by atoms with Crippen molar-refractivity contribution in [1.29, 1.82) is 0 Å². The monoisotopic (exact) mass is 215 g/mol. The molecule has 15 heavy (non-hydrogen) atoms. The third-order valence-corrected chi connectivity index (χ3v) is 2.00. The molecule has 0 radical (unpaired) electrons. The number of aliphatic hydroxyl groups is 1. The van der Waals surface area contributed by atoms with Crippen LogP contribution in [0.5, 0.6) is 0 Å². The minimum atomic E-state index is -0.839. The van der Waals surface area contributed by atoms with Gasteiger partial charge in [-0.1, -0.05) is 6.07 Å². The lowest BCUT2D eigenvalue weighted by molar-refractivity contribution is 0.0748. The molecule has 2 nitrogen and oxygen atoms in total. The average Bonchev–Trinajstić information content (AvgIpc) is 2.08. The molecular formula is C11H15F2NO. The number of anilines is 1. The first-order valence-corrected chi connectivity index (χ1v) is 4.80. The lowest BCUT2D eigenvalue weighted by Gasteiger charge is -2.17. The standard InChI is InChI=1S/C11H15F2NO/c1-11(2,15)6-7-14-10-8(12)4-3-5-9(10)13/h3-5,14-15H,6-7H2,1-2H3. The second-order valence-electron chi connectivity index (χ2n) is 4.09. The van der Waals surface area contributed by atoms with Crippen LogP contribution in [0.25, 0.3) is 0 Å². The fourth-order valence-corrected chi connectivity index (χ4v) is 1.16. The van der Waals surface area contributed by atoms with Crippen LogP contribution in [0.15, 0.2) is 18.2 Å². The van der Waals surface area contributed by atoms with Crippen LogP contribution in [0.1, 0.15) is 20.3 Å². The van der Waals surface area contributed by atoms with Crippen LogP contribution in [-0.2, 0) is 0 Å². The predicted molar refractivity (Wildman–Crippen MR) is 55.8 cm³/mol. The number of hydrogen-bond donors (Lipinski definition) is 2. The zero-order chi connectivity index (χ0) is 11.5. The molecule has 84 valence electrons. The molecule has 2 N–H and O–H groups in total. The smallest absolute Gasteiger partial charge is 0.149 e. The summed E-state index contributed by atoms with van der Waals surface area (Å²) in [5, 5.41) is 12.0. The van der Waals surface area contributed by atoms with Gasteiger partial charge in [-0.25, -0.2) is 8.78 Å². The highest BCUT2D eigenvalue weighted by Gasteiger charge is 2.13. The van der Waals surface area contributed by atoms with Gasteiger partial charge in [-0.3, -0.25) is 0 Å². The molecule has 0 atom stereocenters. The summed E-state index contributed by atoms with van der Waals surface area (Å²) in [7, 11) is 0. The molecule has 0 saturated heterocycles. The van der Waals surface area contributed by atoms with Gasteiger partial charge in [0.2, 0.25) is 0 Å².